The Labute approximate surface area is 205 Å². The van der Waals surface area contributed by atoms with E-state index >= 15 is 0 Å². The minimum Gasteiger partial charge on any atom is -0.449 e. The maximum atomic E-state index is 13.4. The maximum Gasteiger partial charge on any atom is 0.338 e. The number of nitrogens with zero attached hydrogens (tertiary/aromatic N) is 1. The average molecular weight is 493 g/mol. The molecule has 182 valence electrons. The molecule has 7 nitrogen and oxygen atoms in total. The number of sulfonamides is 1. The number of hydrogen-bond acceptors (Lipinski definition) is 5. The molecular weight excluding hydrogens is 464 g/mol. The number of aryl methyl sites for hydroxylation is 3. The van der Waals surface area contributed by atoms with Gasteiger partial charge in [0.05, 0.1) is 16.1 Å². The van der Waals surface area contributed by atoms with Crippen LogP contribution in [-0.2, 0) is 26.0 Å². The Morgan fingerprint density at radius 2 is 1.66 bits per heavy atom. The molecule has 0 radical (unpaired) electrons. The Balaban J connectivity index is 1.51. The molecule has 1 heterocycles. The number of carbonyl (C=O) groups excluding carboxylic acids is 2. The molecule has 0 fully saturated rings. The van der Waals surface area contributed by atoms with Gasteiger partial charge in [0, 0.05) is 12.2 Å². The third kappa shape index (κ3) is 5.07. The van der Waals surface area contributed by atoms with Crippen molar-refractivity contribution >= 4 is 33.3 Å². The van der Waals surface area contributed by atoms with Gasteiger partial charge in [0.25, 0.3) is 15.9 Å². The van der Waals surface area contributed by atoms with Crippen molar-refractivity contribution in [1.82, 2.24) is 0 Å². The van der Waals surface area contributed by atoms with Gasteiger partial charge < -0.3 is 10.1 Å². The fraction of sp³-hybridized carbons (Fsp3) is 0.259. The molecular formula is C27H28N2O5S. The highest BCUT2D eigenvalue weighted by molar-refractivity contribution is 7.92. The van der Waals surface area contributed by atoms with E-state index in [0.29, 0.717) is 24.3 Å². The number of rotatable bonds is 6. The largest absolute Gasteiger partial charge is 0.449 e. The topological polar surface area (TPSA) is 92.8 Å². The number of fused-ring (bicyclic) bond motifs is 1. The molecule has 35 heavy (non-hydrogen) atoms. The van der Waals surface area contributed by atoms with Crippen LogP contribution in [0.25, 0.3) is 0 Å². The lowest BCUT2D eigenvalue weighted by molar-refractivity contribution is -0.123. The van der Waals surface area contributed by atoms with E-state index in [1.54, 1.807) is 6.07 Å². The van der Waals surface area contributed by atoms with E-state index in [-0.39, 0.29) is 10.5 Å². The summed E-state index contributed by atoms with van der Waals surface area (Å²) >= 11 is 0. The van der Waals surface area contributed by atoms with E-state index in [1.165, 1.54) is 35.5 Å². The van der Waals surface area contributed by atoms with Crippen LogP contribution in [0.4, 0.5) is 11.4 Å². The van der Waals surface area contributed by atoms with Crippen molar-refractivity contribution in [3.63, 3.8) is 0 Å². The van der Waals surface area contributed by atoms with Crippen LogP contribution in [0.3, 0.4) is 0 Å². The molecule has 0 aromatic heterocycles. The van der Waals surface area contributed by atoms with Crippen LogP contribution in [0.1, 0.15) is 40.4 Å². The van der Waals surface area contributed by atoms with Gasteiger partial charge in [-0.2, -0.15) is 0 Å². The van der Waals surface area contributed by atoms with Crippen molar-refractivity contribution in [1.29, 1.82) is 0 Å². The minimum absolute atomic E-state index is 0.00343. The predicted octanol–water partition coefficient (Wildman–Crippen LogP) is 4.63. The molecule has 1 unspecified atom stereocenters. The number of hydrogen-bond donors (Lipinski definition) is 1. The van der Waals surface area contributed by atoms with Crippen molar-refractivity contribution in [3.8, 4) is 0 Å². The van der Waals surface area contributed by atoms with E-state index in [2.05, 4.69) is 5.32 Å². The van der Waals surface area contributed by atoms with Crippen molar-refractivity contribution in [2.24, 2.45) is 0 Å². The number of nitrogens with one attached hydrogen (secondary N) is 1. The first-order valence-corrected chi connectivity index (χ1v) is 12.9. The average Bonchev–Trinajstić information content (AvgIpc) is 2.85. The van der Waals surface area contributed by atoms with Gasteiger partial charge >= 0.3 is 5.97 Å². The molecule has 0 saturated heterocycles. The first-order chi connectivity index (χ1) is 16.7. The molecule has 0 bridgehead atoms. The quantitative estimate of drug-likeness (QED) is 0.507. The molecule has 3 aromatic carbocycles. The maximum absolute atomic E-state index is 13.4. The van der Waals surface area contributed by atoms with Gasteiger partial charge in [-0.25, -0.2) is 13.2 Å². The lowest BCUT2D eigenvalue weighted by Crippen LogP contribution is -2.35. The zero-order chi connectivity index (χ0) is 25.2. The summed E-state index contributed by atoms with van der Waals surface area (Å²) in [5, 5.41) is 2.80. The third-order valence-corrected chi connectivity index (χ3v) is 7.92. The summed E-state index contributed by atoms with van der Waals surface area (Å²) in [6, 6.07) is 18.8. The Kier molecular flexibility index (Phi) is 6.93. The normalized spacial score (nSPS) is 14.1. The van der Waals surface area contributed by atoms with Crippen LogP contribution in [0.15, 0.2) is 71.6 Å². The van der Waals surface area contributed by atoms with E-state index in [9.17, 15) is 18.0 Å². The summed E-state index contributed by atoms with van der Waals surface area (Å²) in [4.78, 5) is 25.4. The standard InChI is InChI=1S/C27H28N2O5S/c1-18-9-6-10-19(2)25(18)28-26(30)20(3)34-27(31)22-12-7-14-23(17-22)35(32,33)29-16-8-13-21-11-4-5-15-24(21)29/h4-7,9-12,14-15,17,20H,8,13,16H2,1-3H3,(H,28,30). The number of para-hydroxylation sites is 2. The van der Waals surface area contributed by atoms with E-state index in [4.69, 9.17) is 4.74 Å². The van der Waals surface area contributed by atoms with E-state index in [0.717, 1.165) is 23.1 Å². The zero-order valence-electron chi connectivity index (χ0n) is 19.9. The molecule has 1 amide bonds. The lowest BCUT2D eigenvalue weighted by Gasteiger charge is -2.30. The highest BCUT2D eigenvalue weighted by atomic mass is 32.2. The highest BCUT2D eigenvalue weighted by Gasteiger charge is 2.30. The fourth-order valence-corrected chi connectivity index (χ4v) is 5.77. The molecule has 1 aliphatic heterocycles. The molecule has 0 aliphatic carbocycles. The highest BCUT2D eigenvalue weighted by Crippen LogP contribution is 2.32. The smallest absolute Gasteiger partial charge is 0.338 e. The van der Waals surface area contributed by atoms with Gasteiger partial charge in [-0.05, 0) is 74.6 Å². The van der Waals surface area contributed by atoms with Gasteiger partial charge in [-0.15, -0.1) is 0 Å². The van der Waals surface area contributed by atoms with Crippen molar-refractivity contribution < 1.29 is 22.7 Å². The number of benzene rings is 3. The van der Waals surface area contributed by atoms with Crippen LogP contribution in [0.2, 0.25) is 0 Å². The predicted molar refractivity (Wildman–Crippen MR) is 135 cm³/mol. The molecule has 1 aliphatic rings. The van der Waals surface area contributed by atoms with Crippen LogP contribution < -0.4 is 9.62 Å². The van der Waals surface area contributed by atoms with Gasteiger partial charge in [0.1, 0.15) is 0 Å². The van der Waals surface area contributed by atoms with Crippen LogP contribution in [0.5, 0.6) is 0 Å². The molecule has 0 spiro atoms. The van der Waals surface area contributed by atoms with E-state index in [1.807, 2.05) is 50.2 Å². The van der Waals surface area contributed by atoms with Gasteiger partial charge in [-0.1, -0.05) is 42.5 Å². The van der Waals surface area contributed by atoms with Gasteiger partial charge in [-0.3, -0.25) is 9.10 Å². The SMILES string of the molecule is Cc1cccc(C)c1NC(=O)C(C)OC(=O)c1cccc(S(=O)(=O)N2CCCc3ccccc32)c1. The molecule has 0 saturated carbocycles. The monoisotopic (exact) mass is 492 g/mol. The fourth-order valence-electron chi connectivity index (χ4n) is 4.18. The Morgan fingerprint density at radius 3 is 2.40 bits per heavy atom. The second-order valence-corrected chi connectivity index (χ2v) is 10.5. The molecule has 4 rings (SSSR count). The van der Waals surface area contributed by atoms with Crippen molar-refractivity contribution in [2.45, 2.75) is 44.6 Å². The number of amides is 1. The van der Waals surface area contributed by atoms with E-state index < -0.39 is 28.0 Å². The summed E-state index contributed by atoms with van der Waals surface area (Å²) in [6.45, 7) is 5.60. The lowest BCUT2D eigenvalue weighted by atomic mass is 10.0. The van der Waals surface area contributed by atoms with Gasteiger partial charge in [0.15, 0.2) is 6.10 Å². The summed E-state index contributed by atoms with van der Waals surface area (Å²) in [6.07, 6.45) is 0.456. The second-order valence-electron chi connectivity index (χ2n) is 8.64. The number of esters is 1. The number of anilines is 2. The van der Waals surface area contributed by atoms with Gasteiger partial charge in [0.2, 0.25) is 0 Å². The summed E-state index contributed by atoms with van der Waals surface area (Å²) in [5.74, 6) is -1.24. The molecule has 1 N–H and O–H groups in total. The Hall–Kier alpha value is -3.65. The minimum atomic E-state index is -3.88. The molecule has 8 heteroatoms. The molecule has 3 aromatic rings. The number of carbonyl (C=O) groups is 2. The summed E-state index contributed by atoms with van der Waals surface area (Å²) < 4.78 is 33.6. The first-order valence-electron chi connectivity index (χ1n) is 11.5. The molecule has 1 atom stereocenters. The Bertz CT molecular complexity index is 1360. The third-order valence-electron chi connectivity index (χ3n) is 6.11. The van der Waals surface area contributed by atoms with Crippen molar-refractivity contribution in [3.05, 3.63) is 89.0 Å². The Morgan fingerprint density at radius 1 is 0.971 bits per heavy atom. The van der Waals surface area contributed by atoms with Crippen LogP contribution in [-0.4, -0.2) is 32.9 Å². The second kappa shape index (κ2) is 9.92. The number of ether oxygens (including phenoxy) is 1. The van der Waals surface area contributed by atoms with Crippen LogP contribution in [0, 0.1) is 13.8 Å². The van der Waals surface area contributed by atoms with Crippen LogP contribution >= 0.6 is 0 Å². The van der Waals surface area contributed by atoms with Crippen molar-refractivity contribution in [2.75, 3.05) is 16.2 Å². The first kappa shape index (κ1) is 24.5. The summed E-state index contributed by atoms with van der Waals surface area (Å²) in [7, 11) is -3.88. The zero-order valence-corrected chi connectivity index (χ0v) is 20.8. The summed E-state index contributed by atoms with van der Waals surface area (Å²) in [5.41, 5.74) is 4.16.